The number of rotatable bonds is 6. The van der Waals surface area contributed by atoms with E-state index in [1.54, 1.807) is 13.8 Å². The quantitative estimate of drug-likeness (QED) is 0.763. The maximum Gasteiger partial charge on any atom is 0.416 e. The van der Waals surface area contributed by atoms with Gasteiger partial charge < -0.3 is 10.0 Å². The molecule has 2 rings (SSSR count). The summed E-state index contributed by atoms with van der Waals surface area (Å²) in [5, 5.41) is 20.1. The first-order valence-corrected chi connectivity index (χ1v) is 7.96. The van der Waals surface area contributed by atoms with Crippen molar-refractivity contribution in [1.29, 1.82) is 0 Å². The fourth-order valence-electron chi connectivity index (χ4n) is 2.56. The number of carboxylic acid groups (broad SMARTS) is 1. The van der Waals surface area contributed by atoms with Crippen LogP contribution in [0.5, 0.6) is 0 Å². The van der Waals surface area contributed by atoms with Gasteiger partial charge in [0, 0.05) is 25.2 Å². The summed E-state index contributed by atoms with van der Waals surface area (Å²) in [4.78, 5) is 25.6. The first kappa shape index (κ1) is 20.3. The number of hydrogen-bond donors (Lipinski definition) is 1. The summed E-state index contributed by atoms with van der Waals surface area (Å²) in [6.45, 7) is 3.17. The average Bonchev–Trinajstić information content (AvgIpc) is 2.96. The zero-order valence-electron chi connectivity index (χ0n) is 14.8. The molecule has 11 heteroatoms. The van der Waals surface area contributed by atoms with E-state index in [9.17, 15) is 27.9 Å². The highest BCUT2D eigenvalue weighted by molar-refractivity contribution is 6.06. The van der Waals surface area contributed by atoms with Gasteiger partial charge in [0.05, 0.1) is 5.56 Å². The number of benzene rings is 1. The number of halogens is 3. The number of aryl methyl sites for hydroxylation is 1. The van der Waals surface area contributed by atoms with E-state index in [0.29, 0.717) is 0 Å². The van der Waals surface area contributed by atoms with Crippen molar-refractivity contribution in [3.63, 3.8) is 0 Å². The summed E-state index contributed by atoms with van der Waals surface area (Å²) in [6, 6.07) is 3.63. The monoisotopic (exact) mass is 385 g/mol. The second kappa shape index (κ2) is 7.72. The number of amides is 1. The summed E-state index contributed by atoms with van der Waals surface area (Å²) in [5.41, 5.74) is -0.963. The van der Waals surface area contributed by atoms with Crippen LogP contribution in [0.15, 0.2) is 24.3 Å². The number of tetrazole rings is 1. The molecule has 1 amide bonds. The molecule has 0 saturated heterocycles. The van der Waals surface area contributed by atoms with E-state index in [4.69, 9.17) is 0 Å². The second-order valence-corrected chi connectivity index (χ2v) is 6.16. The fraction of sp³-hybridized carbons (Fsp3) is 0.438. The first-order chi connectivity index (χ1) is 12.5. The second-order valence-electron chi connectivity index (χ2n) is 6.16. The minimum absolute atomic E-state index is 0.0350. The molecule has 1 unspecified atom stereocenters. The lowest BCUT2D eigenvalue weighted by Gasteiger charge is -2.29. The van der Waals surface area contributed by atoms with Gasteiger partial charge in [-0.05, 0) is 42.5 Å². The number of carbonyl (C=O) groups is 2. The van der Waals surface area contributed by atoms with E-state index in [-0.39, 0.29) is 17.9 Å². The predicted octanol–water partition coefficient (Wildman–Crippen LogP) is 1.91. The Hall–Kier alpha value is -2.98. The molecule has 0 spiro atoms. The van der Waals surface area contributed by atoms with Crippen LogP contribution in [0.4, 0.5) is 18.9 Å². The summed E-state index contributed by atoms with van der Waals surface area (Å²) in [5.74, 6) is -3.64. The van der Waals surface area contributed by atoms with Crippen LogP contribution in [-0.2, 0) is 29.2 Å². The Morgan fingerprint density at radius 3 is 2.44 bits per heavy atom. The SMILES string of the molecule is CC(C)N(C(=O)C(Cc1nnnn1C)C(=O)O)c1cccc(C(F)(F)F)c1. The molecule has 0 bridgehead atoms. The number of alkyl halides is 3. The number of carbonyl (C=O) groups excluding carboxylic acids is 1. The van der Waals surface area contributed by atoms with Gasteiger partial charge >= 0.3 is 12.1 Å². The predicted molar refractivity (Wildman–Crippen MR) is 87.7 cm³/mol. The van der Waals surface area contributed by atoms with E-state index >= 15 is 0 Å². The molecule has 0 aliphatic carbocycles. The number of hydrogen-bond acceptors (Lipinski definition) is 5. The van der Waals surface area contributed by atoms with E-state index in [0.717, 1.165) is 17.0 Å². The van der Waals surface area contributed by atoms with Crippen molar-refractivity contribution >= 4 is 17.6 Å². The van der Waals surface area contributed by atoms with Crippen LogP contribution in [0.3, 0.4) is 0 Å². The van der Waals surface area contributed by atoms with Crippen LogP contribution in [0.25, 0.3) is 0 Å². The largest absolute Gasteiger partial charge is 0.481 e. The van der Waals surface area contributed by atoms with E-state index in [1.807, 2.05) is 0 Å². The molecule has 0 radical (unpaired) electrons. The third-order valence-electron chi connectivity index (χ3n) is 3.90. The van der Waals surface area contributed by atoms with Crippen LogP contribution < -0.4 is 4.90 Å². The summed E-state index contributed by atoms with van der Waals surface area (Å²) in [7, 11) is 1.49. The Bertz CT molecular complexity index is 835. The molecule has 0 aliphatic rings. The van der Waals surface area contributed by atoms with Crippen LogP contribution in [0.1, 0.15) is 25.2 Å². The Balaban J connectivity index is 2.41. The van der Waals surface area contributed by atoms with E-state index < -0.39 is 35.6 Å². The van der Waals surface area contributed by atoms with Gasteiger partial charge in [-0.3, -0.25) is 9.59 Å². The number of carboxylic acids is 1. The van der Waals surface area contributed by atoms with Crippen molar-refractivity contribution in [2.45, 2.75) is 32.5 Å². The summed E-state index contributed by atoms with van der Waals surface area (Å²) in [6.07, 6.45) is -4.88. The van der Waals surface area contributed by atoms with E-state index in [2.05, 4.69) is 15.5 Å². The number of aliphatic carboxylic acids is 1. The van der Waals surface area contributed by atoms with Gasteiger partial charge in [0.2, 0.25) is 5.91 Å². The van der Waals surface area contributed by atoms with E-state index in [1.165, 1.54) is 23.9 Å². The minimum atomic E-state index is -4.59. The lowest BCUT2D eigenvalue weighted by Crippen LogP contribution is -2.44. The Kier molecular flexibility index (Phi) is 5.82. The summed E-state index contributed by atoms with van der Waals surface area (Å²) >= 11 is 0. The van der Waals surface area contributed by atoms with Crippen molar-refractivity contribution in [2.24, 2.45) is 13.0 Å². The molecule has 1 atom stereocenters. The topological polar surface area (TPSA) is 101 Å². The Morgan fingerprint density at radius 1 is 1.30 bits per heavy atom. The fourth-order valence-corrected chi connectivity index (χ4v) is 2.56. The Labute approximate surface area is 152 Å². The maximum absolute atomic E-state index is 13.0. The lowest BCUT2D eigenvalue weighted by molar-refractivity contribution is -0.146. The molecule has 0 saturated carbocycles. The molecular weight excluding hydrogens is 367 g/mol. The molecular formula is C16H18F3N5O3. The normalized spacial score (nSPS) is 12.9. The van der Waals surface area contributed by atoms with Crippen LogP contribution in [0, 0.1) is 5.92 Å². The van der Waals surface area contributed by atoms with Gasteiger partial charge in [-0.25, -0.2) is 4.68 Å². The van der Waals surface area contributed by atoms with Gasteiger partial charge in [0.25, 0.3) is 0 Å². The molecule has 8 nitrogen and oxygen atoms in total. The highest BCUT2D eigenvalue weighted by Crippen LogP contribution is 2.32. The highest BCUT2D eigenvalue weighted by Gasteiger charge is 2.36. The molecule has 2 aromatic rings. The van der Waals surface area contributed by atoms with Crippen molar-refractivity contribution in [1.82, 2.24) is 20.2 Å². The molecule has 146 valence electrons. The standard InChI is InChI=1S/C16H18F3N5O3/c1-9(2)24(11-6-4-5-10(7-11)16(17,18)19)14(25)12(15(26)27)8-13-20-21-22-23(13)3/h4-7,9,12H,8H2,1-3H3,(H,26,27). The van der Waals surface area contributed by atoms with Crippen molar-refractivity contribution in [3.05, 3.63) is 35.7 Å². The Morgan fingerprint density at radius 2 is 1.96 bits per heavy atom. The molecule has 0 fully saturated rings. The van der Waals surface area contributed by atoms with Gasteiger partial charge in [-0.1, -0.05) is 6.07 Å². The maximum atomic E-state index is 13.0. The highest BCUT2D eigenvalue weighted by atomic mass is 19.4. The number of anilines is 1. The van der Waals surface area contributed by atoms with Crippen molar-refractivity contribution < 1.29 is 27.9 Å². The zero-order valence-corrected chi connectivity index (χ0v) is 14.8. The molecule has 1 aromatic carbocycles. The van der Waals surface area contributed by atoms with Crippen LogP contribution >= 0.6 is 0 Å². The van der Waals surface area contributed by atoms with Gasteiger partial charge in [-0.15, -0.1) is 5.10 Å². The first-order valence-electron chi connectivity index (χ1n) is 7.96. The van der Waals surface area contributed by atoms with Crippen molar-refractivity contribution in [3.8, 4) is 0 Å². The number of nitrogens with zero attached hydrogens (tertiary/aromatic N) is 5. The molecule has 1 aromatic heterocycles. The molecule has 1 heterocycles. The lowest BCUT2D eigenvalue weighted by atomic mass is 10.0. The zero-order chi connectivity index (χ0) is 20.4. The third kappa shape index (κ3) is 4.60. The van der Waals surface area contributed by atoms with Crippen LogP contribution in [0.2, 0.25) is 0 Å². The minimum Gasteiger partial charge on any atom is -0.481 e. The van der Waals surface area contributed by atoms with Crippen LogP contribution in [-0.4, -0.2) is 43.2 Å². The third-order valence-corrected chi connectivity index (χ3v) is 3.90. The molecule has 1 N–H and O–H groups in total. The van der Waals surface area contributed by atoms with Gasteiger partial charge in [-0.2, -0.15) is 13.2 Å². The molecule has 27 heavy (non-hydrogen) atoms. The number of aromatic nitrogens is 4. The smallest absolute Gasteiger partial charge is 0.416 e. The van der Waals surface area contributed by atoms with Gasteiger partial charge in [0.1, 0.15) is 5.92 Å². The molecule has 0 aliphatic heterocycles. The van der Waals surface area contributed by atoms with Crippen molar-refractivity contribution in [2.75, 3.05) is 4.90 Å². The van der Waals surface area contributed by atoms with Gasteiger partial charge in [0.15, 0.2) is 5.82 Å². The summed E-state index contributed by atoms with van der Waals surface area (Å²) < 4.78 is 40.2. The average molecular weight is 385 g/mol.